The van der Waals surface area contributed by atoms with Gasteiger partial charge in [-0.2, -0.15) is 5.10 Å². The lowest BCUT2D eigenvalue weighted by Gasteiger charge is -2.26. The van der Waals surface area contributed by atoms with Gasteiger partial charge in [0.2, 0.25) is 5.91 Å². The number of halogens is 1. The Kier molecular flexibility index (Phi) is 4.36. The second-order valence-corrected chi connectivity index (χ2v) is 5.42. The predicted molar refractivity (Wildman–Crippen MR) is 81.1 cm³/mol. The Balaban J connectivity index is 1.48. The maximum Gasteiger partial charge on any atom is 0.254 e. The largest absolute Gasteiger partial charge is 0.351 e. The summed E-state index contributed by atoms with van der Waals surface area (Å²) in [5.74, 6) is -1.11. The summed E-state index contributed by atoms with van der Waals surface area (Å²) in [4.78, 5) is 25.8. The number of aromatic nitrogens is 2. The molecule has 0 fully saturated rings. The molecule has 2 heterocycles. The standard InChI is InChI=1S/C16H17FN4O2/c17-13-4-2-1-3-12(13)16(23)18-7-5-15(22)21-8-6-14-11(10-21)9-19-20-14/h1-4,9H,5-8,10H2,(H,18,23)(H,19,20). The molecular formula is C16H17FN4O2. The van der Waals surface area contributed by atoms with Gasteiger partial charge in [-0.15, -0.1) is 0 Å². The average Bonchev–Trinajstić information content (AvgIpc) is 3.02. The molecule has 2 aromatic rings. The fraction of sp³-hybridized carbons (Fsp3) is 0.312. The highest BCUT2D eigenvalue weighted by Gasteiger charge is 2.21. The van der Waals surface area contributed by atoms with Crippen molar-refractivity contribution in [3.05, 3.63) is 53.1 Å². The average molecular weight is 316 g/mol. The molecule has 1 aromatic carbocycles. The summed E-state index contributed by atoms with van der Waals surface area (Å²) >= 11 is 0. The highest BCUT2D eigenvalue weighted by molar-refractivity contribution is 5.94. The molecule has 0 unspecified atom stereocenters. The Labute approximate surface area is 132 Å². The Bertz CT molecular complexity index is 728. The van der Waals surface area contributed by atoms with E-state index in [2.05, 4.69) is 15.5 Å². The number of benzene rings is 1. The van der Waals surface area contributed by atoms with Crippen molar-refractivity contribution in [2.24, 2.45) is 0 Å². The molecular weight excluding hydrogens is 299 g/mol. The van der Waals surface area contributed by atoms with Crippen molar-refractivity contribution < 1.29 is 14.0 Å². The van der Waals surface area contributed by atoms with Crippen molar-refractivity contribution in [1.29, 1.82) is 0 Å². The van der Waals surface area contributed by atoms with Gasteiger partial charge in [-0.05, 0) is 12.1 Å². The van der Waals surface area contributed by atoms with E-state index in [0.717, 1.165) is 17.7 Å². The first-order valence-corrected chi connectivity index (χ1v) is 7.47. The van der Waals surface area contributed by atoms with Crippen molar-refractivity contribution in [1.82, 2.24) is 20.4 Å². The lowest BCUT2D eigenvalue weighted by atomic mass is 10.1. The van der Waals surface area contributed by atoms with Crippen LogP contribution in [0.5, 0.6) is 0 Å². The topological polar surface area (TPSA) is 78.1 Å². The second kappa shape index (κ2) is 6.60. The van der Waals surface area contributed by atoms with Crippen LogP contribution in [-0.4, -0.2) is 40.0 Å². The molecule has 1 aliphatic heterocycles. The lowest BCUT2D eigenvalue weighted by molar-refractivity contribution is -0.131. The first-order valence-electron chi connectivity index (χ1n) is 7.47. The molecule has 1 aliphatic rings. The number of fused-ring (bicyclic) bond motifs is 1. The van der Waals surface area contributed by atoms with Gasteiger partial charge in [0.05, 0.1) is 11.8 Å². The minimum Gasteiger partial charge on any atom is -0.351 e. The molecule has 2 amide bonds. The molecule has 0 saturated heterocycles. The zero-order valence-electron chi connectivity index (χ0n) is 12.5. The summed E-state index contributed by atoms with van der Waals surface area (Å²) in [5.41, 5.74) is 2.09. The summed E-state index contributed by atoms with van der Waals surface area (Å²) < 4.78 is 13.5. The van der Waals surface area contributed by atoms with E-state index in [1.54, 1.807) is 17.2 Å². The van der Waals surface area contributed by atoms with Gasteiger partial charge in [-0.3, -0.25) is 14.7 Å². The smallest absolute Gasteiger partial charge is 0.254 e. The van der Waals surface area contributed by atoms with Crippen molar-refractivity contribution in [2.75, 3.05) is 13.1 Å². The van der Waals surface area contributed by atoms with E-state index in [9.17, 15) is 14.0 Å². The van der Waals surface area contributed by atoms with Gasteiger partial charge in [0.25, 0.3) is 5.91 Å². The van der Waals surface area contributed by atoms with E-state index in [1.807, 2.05) is 0 Å². The molecule has 0 spiro atoms. The summed E-state index contributed by atoms with van der Waals surface area (Å²) in [6.07, 6.45) is 2.67. The maximum atomic E-state index is 13.5. The summed E-state index contributed by atoms with van der Waals surface area (Å²) in [5, 5.41) is 9.47. The van der Waals surface area contributed by atoms with Gasteiger partial charge >= 0.3 is 0 Å². The zero-order valence-corrected chi connectivity index (χ0v) is 12.5. The van der Waals surface area contributed by atoms with E-state index >= 15 is 0 Å². The lowest BCUT2D eigenvalue weighted by Crippen LogP contribution is -2.37. The van der Waals surface area contributed by atoms with Crippen LogP contribution in [0.3, 0.4) is 0 Å². The molecule has 0 bridgehead atoms. The van der Waals surface area contributed by atoms with Gasteiger partial charge in [0, 0.05) is 43.7 Å². The number of amides is 2. The fourth-order valence-corrected chi connectivity index (χ4v) is 2.62. The molecule has 3 rings (SSSR count). The van der Waals surface area contributed by atoms with E-state index in [4.69, 9.17) is 0 Å². The van der Waals surface area contributed by atoms with Crippen LogP contribution in [0.4, 0.5) is 4.39 Å². The van der Waals surface area contributed by atoms with Gasteiger partial charge in [-0.1, -0.05) is 12.1 Å². The normalized spacial score (nSPS) is 13.5. The predicted octanol–water partition coefficient (Wildman–Crippen LogP) is 1.25. The van der Waals surface area contributed by atoms with Crippen LogP contribution in [0.25, 0.3) is 0 Å². The molecule has 6 nitrogen and oxygen atoms in total. The first kappa shape index (κ1) is 15.2. The number of hydrogen-bond acceptors (Lipinski definition) is 3. The molecule has 2 N–H and O–H groups in total. The number of H-pyrrole nitrogens is 1. The van der Waals surface area contributed by atoms with Crippen LogP contribution in [0.2, 0.25) is 0 Å². The van der Waals surface area contributed by atoms with E-state index in [-0.39, 0.29) is 24.4 Å². The van der Waals surface area contributed by atoms with Crippen LogP contribution >= 0.6 is 0 Å². The van der Waals surface area contributed by atoms with Crippen LogP contribution in [0.1, 0.15) is 28.0 Å². The summed E-state index contributed by atoms with van der Waals surface area (Å²) in [6, 6.07) is 5.77. The molecule has 0 radical (unpaired) electrons. The monoisotopic (exact) mass is 316 g/mol. The number of aromatic amines is 1. The van der Waals surface area contributed by atoms with Gasteiger partial charge < -0.3 is 10.2 Å². The van der Waals surface area contributed by atoms with E-state index in [0.29, 0.717) is 13.1 Å². The third kappa shape index (κ3) is 3.39. The molecule has 1 aromatic heterocycles. The van der Waals surface area contributed by atoms with Crippen LogP contribution in [0, 0.1) is 5.82 Å². The third-order valence-electron chi connectivity index (χ3n) is 3.90. The minimum atomic E-state index is -0.570. The Hall–Kier alpha value is -2.70. The van der Waals surface area contributed by atoms with Crippen molar-refractivity contribution in [3.63, 3.8) is 0 Å². The Morgan fingerprint density at radius 2 is 2.17 bits per heavy atom. The molecule has 0 atom stereocenters. The van der Waals surface area contributed by atoms with Crippen molar-refractivity contribution in [3.8, 4) is 0 Å². The first-order chi connectivity index (χ1) is 11.1. The number of carbonyl (C=O) groups is 2. The summed E-state index contributed by atoms with van der Waals surface area (Å²) in [6.45, 7) is 1.35. The maximum absolute atomic E-state index is 13.5. The molecule has 120 valence electrons. The van der Waals surface area contributed by atoms with Gasteiger partial charge in [0.15, 0.2) is 0 Å². The van der Waals surface area contributed by atoms with Crippen molar-refractivity contribution >= 4 is 11.8 Å². The van der Waals surface area contributed by atoms with Crippen LogP contribution < -0.4 is 5.32 Å². The van der Waals surface area contributed by atoms with Crippen molar-refractivity contribution in [2.45, 2.75) is 19.4 Å². The number of nitrogens with one attached hydrogen (secondary N) is 2. The number of hydrogen-bond donors (Lipinski definition) is 2. The van der Waals surface area contributed by atoms with Crippen LogP contribution in [0.15, 0.2) is 30.5 Å². The number of nitrogens with zero attached hydrogens (tertiary/aromatic N) is 2. The van der Waals surface area contributed by atoms with Crippen LogP contribution in [-0.2, 0) is 17.8 Å². The second-order valence-electron chi connectivity index (χ2n) is 5.42. The fourth-order valence-electron chi connectivity index (χ4n) is 2.62. The Morgan fingerprint density at radius 3 is 3.00 bits per heavy atom. The van der Waals surface area contributed by atoms with E-state index < -0.39 is 11.7 Å². The highest BCUT2D eigenvalue weighted by Crippen LogP contribution is 2.16. The van der Waals surface area contributed by atoms with Gasteiger partial charge in [-0.25, -0.2) is 4.39 Å². The van der Waals surface area contributed by atoms with E-state index in [1.165, 1.54) is 18.2 Å². The summed E-state index contributed by atoms with van der Waals surface area (Å²) in [7, 11) is 0. The quantitative estimate of drug-likeness (QED) is 0.891. The Morgan fingerprint density at radius 1 is 1.35 bits per heavy atom. The third-order valence-corrected chi connectivity index (χ3v) is 3.90. The molecule has 0 aliphatic carbocycles. The number of rotatable bonds is 4. The molecule has 0 saturated carbocycles. The highest BCUT2D eigenvalue weighted by atomic mass is 19.1. The minimum absolute atomic E-state index is 0.0130. The molecule has 23 heavy (non-hydrogen) atoms. The zero-order chi connectivity index (χ0) is 16.2. The number of carbonyl (C=O) groups excluding carboxylic acids is 2. The molecule has 7 heteroatoms. The van der Waals surface area contributed by atoms with Gasteiger partial charge in [0.1, 0.15) is 5.82 Å². The SMILES string of the molecule is O=C(NCCC(=O)N1CCc2[nH]ncc2C1)c1ccccc1F.